The Balaban J connectivity index is 1.61. The summed E-state index contributed by atoms with van der Waals surface area (Å²) in [6, 6.07) is 2.44. The lowest BCUT2D eigenvalue weighted by Gasteiger charge is -2.33. The molecule has 1 aliphatic carbocycles. The van der Waals surface area contributed by atoms with E-state index in [2.05, 4.69) is 5.32 Å². The van der Waals surface area contributed by atoms with E-state index in [0.717, 1.165) is 47.5 Å². The minimum absolute atomic E-state index is 0.236. The van der Waals surface area contributed by atoms with Gasteiger partial charge in [0, 0.05) is 11.4 Å². The van der Waals surface area contributed by atoms with E-state index >= 15 is 0 Å². The maximum Gasteiger partial charge on any atom is 0.253 e. The molecular formula is C18H21N3O4S3. The van der Waals surface area contributed by atoms with Crippen LogP contribution in [0.5, 0.6) is 0 Å². The number of piperidine rings is 1. The number of aryl methyl sites for hydroxylation is 1. The van der Waals surface area contributed by atoms with E-state index in [1.807, 2.05) is 0 Å². The predicted molar refractivity (Wildman–Crippen MR) is 109 cm³/mol. The molecule has 0 saturated carbocycles. The number of carbonyl (C=O) groups is 2. The van der Waals surface area contributed by atoms with Gasteiger partial charge >= 0.3 is 0 Å². The number of nitrogens with two attached hydrogens (primary N) is 1. The van der Waals surface area contributed by atoms with Gasteiger partial charge in [-0.15, -0.1) is 22.7 Å². The Kier molecular flexibility index (Phi) is 5.30. The molecule has 2 amide bonds. The highest BCUT2D eigenvalue weighted by atomic mass is 32.2. The topological polar surface area (TPSA) is 110 Å². The SMILES string of the molecule is NC(=O)c1c(NC(=O)C2CCCCN2S(=O)(=O)c2cccs2)sc2c1CCC2. The Bertz CT molecular complexity index is 1010. The second-order valence-electron chi connectivity index (χ2n) is 6.97. The molecule has 10 heteroatoms. The lowest BCUT2D eigenvalue weighted by Crippen LogP contribution is -2.49. The predicted octanol–water partition coefficient (Wildman–Crippen LogP) is 2.58. The van der Waals surface area contributed by atoms with Gasteiger partial charge in [0.15, 0.2) is 0 Å². The Labute approximate surface area is 171 Å². The van der Waals surface area contributed by atoms with Gasteiger partial charge in [0.05, 0.1) is 5.56 Å². The van der Waals surface area contributed by atoms with Gasteiger partial charge in [0.2, 0.25) is 5.91 Å². The Morgan fingerprint density at radius 3 is 2.75 bits per heavy atom. The van der Waals surface area contributed by atoms with E-state index in [-0.39, 0.29) is 4.21 Å². The maximum absolute atomic E-state index is 13.0. The summed E-state index contributed by atoms with van der Waals surface area (Å²) in [6.45, 7) is 0.307. The summed E-state index contributed by atoms with van der Waals surface area (Å²) in [5, 5.41) is 4.97. The first kappa shape index (κ1) is 19.6. The number of fused-ring (bicyclic) bond motifs is 1. The van der Waals surface area contributed by atoms with Crippen LogP contribution in [0.4, 0.5) is 5.00 Å². The highest BCUT2D eigenvalue weighted by molar-refractivity contribution is 7.91. The third kappa shape index (κ3) is 3.38. The van der Waals surface area contributed by atoms with Crippen molar-refractivity contribution in [1.82, 2.24) is 4.31 Å². The quantitative estimate of drug-likeness (QED) is 0.746. The van der Waals surface area contributed by atoms with Gasteiger partial charge in [0.1, 0.15) is 15.3 Å². The van der Waals surface area contributed by atoms with E-state index in [4.69, 9.17) is 5.73 Å². The molecular weight excluding hydrogens is 418 g/mol. The number of primary amides is 1. The van der Waals surface area contributed by atoms with Crippen molar-refractivity contribution in [2.45, 2.75) is 48.8 Å². The van der Waals surface area contributed by atoms with Crippen molar-refractivity contribution in [2.75, 3.05) is 11.9 Å². The lowest BCUT2D eigenvalue weighted by molar-refractivity contribution is -0.120. The minimum atomic E-state index is -3.73. The molecule has 150 valence electrons. The normalized spacial score (nSPS) is 20.1. The minimum Gasteiger partial charge on any atom is -0.365 e. The summed E-state index contributed by atoms with van der Waals surface area (Å²) in [5.41, 5.74) is 6.87. The molecule has 0 spiro atoms. The molecule has 1 aliphatic heterocycles. The molecule has 2 aromatic rings. The number of amides is 2. The maximum atomic E-state index is 13.0. The van der Waals surface area contributed by atoms with E-state index in [1.165, 1.54) is 15.6 Å². The molecule has 3 heterocycles. The fourth-order valence-electron chi connectivity index (χ4n) is 3.93. The number of sulfonamides is 1. The van der Waals surface area contributed by atoms with Crippen LogP contribution in [0.15, 0.2) is 21.7 Å². The van der Waals surface area contributed by atoms with Crippen molar-refractivity contribution in [3.05, 3.63) is 33.5 Å². The zero-order valence-electron chi connectivity index (χ0n) is 15.1. The Morgan fingerprint density at radius 1 is 1.21 bits per heavy atom. The lowest BCUT2D eigenvalue weighted by atomic mass is 10.0. The smallest absolute Gasteiger partial charge is 0.253 e. The van der Waals surface area contributed by atoms with Crippen LogP contribution >= 0.6 is 22.7 Å². The van der Waals surface area contributed by atoms with E-state index < -0.39 is 27.9 Å². The summed E-state index contributed by atoms with van der Waals surface area (Å²) < 4.78 is 27.5. The standard InChI is InChI=1S/C18H21N3O4S3/c19-16(22)15-11-5-3-7-13(11)27-18(15)20-17(23)12-6-1-2-9-21(12)28(24,25)14-8-4-10-26-14/h4,8,10,12H,1-3,5-7,9H2,(H2,19,22)(H,20,23). The summed E-state index contributed by atoms with van der Waals surface area (Å²) in [6.07, 6.45) is 4.58. The van der Waals surface area contributed by atoms with Crippen LogP contribution in [0.2, 0.25) is 0 Å². The second-order valence-corrected chi connectivity index (χ2v) is 11.1. The number of hydrogen-bond acceptors (Lipinski definition) is 6. The van der Waals surface area contributed by atoms with Gasteiger partial charge in [0.25, 0.3) is 15.9 Å². The van der Waals surface area contributed by atoms with Crippen molar-refractivity contribution in [3.8, 4) is 0 Å². The highest BCUT2D eigenvalue weighted by Crippen LogP contribution is 2.39. The molecule has 1 fully saturated rings. The average molecular weight is 440 g/mol. The molecule has 3 N–H and O–H groups in total. The zero-order valence-corrected chi connectivity index (χ0v) is 17.6. The summed E-state index contributed by atoms with van der Waals surface area (Å²) in [4.78, 5) is 26.1. The molecule has 0 bridgehead atoms. The number of rotatable bonds is 5. The molecule has 4 rings (SSSR count). The molecule has 7 nitrogen and oxygen atoms in total. The van der Waals surface area contributed by atoms with E-state index in [0.29, 0.717) is 30.0 Å². The van der Waals surface area contributed by atoms with Crippen LogP contribution in [0.25, 0.3) is 0 Å². The fourth-order valence-corrected chi connectivity index (χ4v) is 8.00. The van der Waals surface area contributed by atoms with Crippen molar-refractivity contribution >= 4 is 49.5 Å². The van der Waals surface area contributed by atoms with Crippen LogP contribution in [0.3, 0.4) is 0 Å². The highest BCUT2D eigenvalue weighted by Gasteiger charge is 2.39. The fraction of sp³-hybridized carbons (Fsp3) is 0.444. The van der Waals surface area contributed by atoms with Crippen molar-refractivity contribution in [2.24, 2.45) is 5.73 Å². The first-order valence-electron chi connectivity index (χ1n) is 9.20. The second kappa shape index (κ2) is 7.58. The number of nitrogens with zero attached hydrogens (tertiary/aromatic N) is 1. The third-order valence-corrected chi connectivity index (χ3v) is 9.71. The number of hydrogen-bond donors (Lipinski definition) is 2. The van der Waals surface area contributed by atoms with Crippen molar-refractivity contribution in [1.29, 1.82) is 0 Å². The number of nitrogens with one attached hydrogen (secondary N) is 1. The summed E-state index contributed by atoms with van der Waals surface area (Å²) >= 11 is 2.52. The van der Waals surface area contributed by atoms with Crippen LogP contribution in [-0.4, -0.2) is 37.1 Å². The molecule has 28 heavy (non-hydrogen) atoms. The zero-order chi connectivity index (χ0) is 19.9. The van der Waals surface area contributed by atoms with Crippen LogP contribution in [0, 0.1) is 0 Å². The molecule has 1 saturated heterocycles. The molecule has 1 unspecified atom stereocenters. The molecule has 2 aliphatic rings. The van der Waals surface area contributed by atoms with Crippen LogP contribution in [-0.2, 0) is 27.7 Å². The summed E-state index contributed by atoms with van der Waals surface area (Å²) in [7, 11) is -3.73. The van der Waals surface area contributed by atoms with Gasteiger partial charge in [-0.2, -0.15) is 4.31 Å². The average Bonchev–Trinajstić information content (AvgIpc) is 3.38. The number of anilines is 1. The Morgan fingerprint density at radius 2 is 2.04 bits per heavy atom. The number of thiophene rings is 2. The van der Waals surface area contributed by atoms with Crippen molar-refractivity contribution in [3.63, 3.8) is 0 Å². The van der Waals surface area contributed by atoms with Gasteiger partial charge in [-0.1, -0.05) is 12.5 Å². The van der Waals surface area contributed by atoms with Gasteiger partial charge in [-0.3, -0.25) is 9.59 Å². The Hall–Kier alpha value is -1.75. The monoisotopic (exact) mass is 439 g/mol. The molecule has 2 aromatic heterocycles. The van der Waals surface area contributed by atoms with E-state index in [1.54, 1.807) is 17.5 Å². The van der Waals surface area contributed by atoms with E-state index in [9.17, 15) is 18.0 Å². The largest absolute Gasteiger partial charge is 0.365 e. The summed E-state index contributed by atoms with van der Waals surface area (Å²) in [5.74, 6) is -0.955. The third-order valence-electron chi connectivity index (χ3n) is 5.22. The molecule has 0 aromatic carbocycles. The van der Waals surface area contributed by atoms with Gasteiger partial charge in [-0.05, 0) is 49.1 Å². The van der Waals surface area contributed by atoms with Crippen LogP contribution in [0.1, 0.15) is 46.5 Å². The van der Waals surface area contributed by atoms with Gasteiger partial charge < -0.3 is 11.1 Å². The van der Waals surface area contributed by atoms with Gasteiger partial charge in [-0.25, -0.2) is 8.42 Å². The van der Waals surface area contributed by atoms with Crippen molar-refractivity contribution < 1.29 is 18.0 Å². The first-order chi connectivity index (χ1) is 13.4. The molecule has 0 radical (unpaired) electrons. The first-order valence-corrected chi connectivity index (χ1v) is 12.3. The van der Waals surface area contributed by atoms with Crippen LogP contribution < -0.4 is 11.1 Å². The number of carbonyl (C=O) groups excluding carboxylic acids is 2. The molecule has 1 atom stereocenters.